The highest BCUT2D eigenvalue weighted by atomic mass is 19.1. The van der Waals surface area contributed by atoms with Crippen LogP contribution in [0.5, 0.6) is 0 Å². The van der Waals surface area contributed by atoms with E-state index in [0.29, 0.717) is 18.6 Å². The summed E-state index contributed by atoms with van der Waals surface area (Å²) in [5, 5.41) is 0. The van der Waals surface area contributed by atoms with Crippen molar-refractivity contribution in [3.8, 4) is 0 Å². The lowest BCUT2D eigenvalue weighted by Gasteiger charge is -2.18. The lowest BCUT2D eigenvalue weighted by Crippen LogP contribution is -2.18. The fraction of sp³-hybridized carbons (Fsp3) is 0.562. The second-order valence-electron chi connectivity index (χ2n) is 4.90. The number of carbonyl (C=O) groups excluding carboxylic acids is 1. The van der Waals surface area contributed by atoms with E-state index in [-0.39, 0.29) is 11.7 Å². The van der Waals surface area contributed by atoms with Crippen LogP contribution in [0.3, 0.4) is 0 Å². The number of ether oxygens (including phenoxy) is 1. The summed E-state index contributed by atoms with van der Waals surface area (Å²) in [4.78, 5) is 12.1. The number of unbranched alkanes of at least 4 members (excludes halogenated alkanes) is 3. The Labute approximate surface area is 120 Å². The number of carbonyl (C=O) groups is 1. The largest absolute Gasteiger partial charge is 0.466 e. The molecule has 1 rings (SSSR count). The molecule has 0 saturated carbocycles. The summed E-state index contributed by atoms with van der Waals surface area (Å²) in [5.41, 5.74) is 6.36. The lowest BCUT2D eigenvalue weighted by molar-refractivity contribution is -0.145. The van der Waals surface area contributed by atoms with Crippen molar-refractivity contribution in [2.24, 2.45) is 0 Å². The van der Waals surface area contributed by atoms with E-state index in [1.807, 2.05) is 0 Å². The molecule has 1 unspecified atom stereocenters. The number of hydrogen-bond acceptors (Lipinski definition) is 3. The van der Waals surface area contributed by atoms with Gasteiger partial charge in [0.1, 0.15) is 5.82 Å². The zero-order valence-electron chi connectivity index (χ0n) is 12.3. The van der Waals surface area contributed by atoms with Crippen molar-refractivity contribution in [2.75, 3.05) is 12.3 Å². The minimum atomic E-state index is -0.481. The Morgan fingerprint density at radius 1 is 1.30 bits per heavy atom. The second-order valence-corrected chi connectivity index (χ2v) is 4.90. The Kier molecular flexibility index (Phi) is 7.05. The van der Waals surface area contributed by atoms with Crippen LogP contribution in [0, 0.1) is 5.82 Å². The summed E-state index contributed by atoms with van der Waals surface area (Å²) in [6.45, 7) is 4.22. The van der Waals surface area contributed by atoms with E-state index in [9.17, 15) is 9.18 Å². The summed E-state index contributed by atoms with van der Waals surface area (Å²) in [7, 11) is 0. The molecule has 0 fully saturated rings. The highest BCUT2D eigenvalue weighted by Gasteiger charge is 2.24. The van der Waals surface area contributed by atoms with Gasteiger partial charge in [0.2, 0.25) is 0 Å². The van der Waals surface area contributed by atoms with Gasteiger partial charge in [-0.1, -0.05) is 44.7 Å². The molecule has 0 aliphatic heterocycles. The Balaban J connectivity index is 2.86. The van der Waals surface area contributed by atoms with Gasteiger partial charge in [-0.2, -0.15) is 0 Å². The minimum Gasteiger partial charge on any atom is -0.466 e. The Morgan fingerprint density at radius 2 is 2.05 bits per heavy atom. The van der Waals surface area contributed by atoms with Gasteiger partial charge in [0.05, 0.1) is 18.2 Å². The summed E-state index contributed by atoms with van der Waals surface area (Å²) in [6, 6.07) is 4.59. The van der Waals surface area contributed by atoms with Gasteiger partial charge in [-0.15, -0.1) is 0 Å². The van der Waals surface area contributed by atoms with Crippen molar-refractivity contribution in [3.05, 3.63) is 29.6 Å². The maximum atomic E-state index is 13.6. The van der Waals surface area contributed by atoms with E-state index in [1.165, 1.54) is 6.07 Å². The highest BCUT2D eigenvalue weighted by molar-refractivity contribution is 5.80. The normalized spacial score (nSPS) is 12.2. The molecule has 1 aromatic rings. The Bertz CT molecular complexity index is 434. The van der Waals surface area contributed by atoms with Gasteiger partial charge < -0.3 is 10.5 Å². The average molecular weight is 281 g/mol. The molecular formula is C16H24FNO2. The Morgan fingerprint density at radius 3 is 2.70 bits per heavy atom. The SMILES string of the molecule is CCCCCCC(C(=O)OCC)c1cccc(F)c1N. The van der Waals surface area contributed by atoms with E-state index in [4.69, 9.17) is 10.5 Å². The van der Waals surface area contributed by atoms with E-state index in [2.05, 4.69) is 6.92 Å². The monoisotopic (exact) mass is 281 g/mol. The van der Waals surface area contributed by atoms with Crippen LogP contribution in [0.15, 0.2) is 18.2 Å². The first-order chi connectivity index (χ1) is 9.61. The second kappa shape index (κ2) is 8.56. The topological polar surface area (TPSA) is 52.3 Å². The number of anilines is 1. The molecule has 2 N–H and O–H groups in total. The third-order valence-electron chi connectivity index (χ3n) is 3.38. The van der Waals surface area contributed by atoms with E-state index in [0.717, 1.165) is 25.7 Å². The molecule has 0 bridgehead atoms. The summed E-state index contributed by atoms with van der Waals surface area (Å²) in [6.07, 6.45) is 4.88. The molecule has 0 amide bonds. The highest BCUT2D eigenvalue weighted by Crippen LogP contribution is 2.30. The summed E-state index contributed by atoms with van der Waals surface area (Å²) in [5.74, 6) is -1.27. The lowest BCUT2D eigenvalue weighted by atomic mass is 9.91. The molecule has 0 aliphatic rings. The molecule has 3 nitrogen and oxygen atoms in total. The number of nitrogen functional groups attached to an aromatic ring is 1. The fourth-order valence-corrected chi connectivity index (χ4v) is 2.28. The molecule has 0 heterocycles. The van der Waals surface area contributed by atoms with Crippen LogP contribution in [-0.4, -0.2) is 12.6 Å². The molecule has 0 radical (unpaired) electrons. The average Bonchev–Trinajstić information content (AvgIpc) is 2.43. The van der Waals surface area contributed by atoms with E-state index < -0.39 is 11.7 Å². The van der Waals surface area contributed by atoms with Gasteiger partial charge in [-0.05, 0) is 25.0 Å². The van der Waals surface area contributed by atoms with Gasteiger partial charge in [0.25, 0.3) is 0 Å². The minimum absolute atomic E-state index is 0.0565. The van der Waals surface area contributed by atoms with E-state index in [1.54, 1.807) is 19.1 Å². The number of rotatable bonds is 8. The van der Waals surface area contributed by atoms with Crippen LogP contribution >= 0.6 is 0 Å². The number of hydrogen-bond donors (Lipinski definition) is 1. The molecule has 0 aromatic heterocycles. The maximum absolute atomic E-state index is 13.6. The molecule has 1 atom stereocenters. The quantitative estimate of drug-likeness (QED) is 0.445. The van der Waals surface area contributed by atoms with Crippen molar-refractivity contribution in [1.82, 2.24) is 0 Å². The number of benzene rings is 1. The van der Waals surface area contributed by atoms with Crippen molar-refractivity contribution in [2.45, 2.75) is 51.9 Å². The standard InChI is InChI=1S/C16H24FNO2/c1-3-5-6-7-9-13(16(19)20-4-2)12-10-8-11-14(17)15(12)18/h8,10-11,13H,3-7,9,18H2,1-2H3. The first-order valence-corrected chi connectivity index (χ1v) is 7.32. The molecule has 20 heavy (non-hydrogen) atoms. The van der Waals surface area contributed by atoms with Gasteiger partial charge in [0, 0.05) is 0 Å². The maximum Gasteiger partial charge on any atom is 0.313 e. The molecular weight excluding hydrogens is 257 g/mol. The van der Waals surface area contributed by atoms with Crippen molar-refractivity contribution < 1.29 is 13.9 Å². The third-order valence-corrected chi connectivity index (χ3v) is 3.38. The predicted molar refractivity (Wildman–Crippen MR) is 78.9 cm³/mol. The molecule has 0 spiro atoms. The van der Waals surface area contributed by atoms with Crippen molar-refractivity contribution in [3.63, 3.8) is 0 Å². The van der Waals surface area contributed by atoms with Crippen LogP contribution in [0.4, 0.5) is 10.1 Å². The molecule has 112 valence electrons. The van der Waals surface area contributed by atoms with Crippen LogP contribution in [0.2, 0.25) is 0 Å². The van der Waals surface area contributed by atoms with Gasteiger partial charge in [-0.25, -0.2) is 4.39 Å². The number of halogens is 1. The number of esters is 1. The third kappa shape index (κ3) is 4.51. The van der Waals surface area contributed by atoms with Crippen LogP contribution in [-0.2, 0) is 9.53 Å². The number of para-hydroxylation sites is 1. The fourth-order valence-electron chi connectivity index (χ4n) is 2.28. The summed E-state index contributed by atoms with van der Waals surface area (Å²) >= 11 is 0. The smallest absolute Gasteiger partial charge is 0.313 e. The van der Waals surface area contributed by atoms with Gasteiger partial charge >= 0.3 is 5.97 Å². The Hall–Kier alpha value is -1.58. The zero-order valence-corrected chi connectivity index (χ0v) is 12.3. The van der Waals surface area contributed by atoms with Gasteiger partial charge in [-0.3, -0.25) is 4.79 Å². The molecule has 0 saturated heterocycles. The van der Waals surface area contributed by atoms with Crippen molar-refractivity contribution >= 4 is 11.7 Å². The molecule has 1 aromatic carbocycles. The van der Waals surface area contributed by atoms with Gasteiger partial charge in [0.15, 0.2) is 0 Å². The van der Waals surface area contributed by atoms with Crippen LogP contribution in [0.25, 0.3) is 0 Å². The predicted octanol–water partition coefficient (Wildman–Crippen LogP) is 4.03. The van der Waals surface area contributed by atoms with Crippen molar-refractivity contribution in [1.29, 1.82) is 0 Å². The number of nitrogens with two attached hydrogens (primary N) is 1. The molecule has 0 aliphatic carbocycles. The zero-order chi connectivity index (χ0) is 15.0. The summed E-state index contributed by atoms with van der Waals surface area (Å²) < 4.78 is 18.6. The van der Waals surface area contributed by atoms with Crippen LogP contribution < -0.4 is 5.73 Å². The molecule has 4 heteroatoms. The van der Waals surface area contributed by atoms with Crippen LogP contribution in [0.1, 0.15) is 57.4 Å². The first-order valence-electron chi connectivity index (χ1n) is 7.32. The van der Waals surface area contributed by atoms with E-state index >= 15 is 0 Å². The first kappa shape index (κ1) is 16.5.